The summed E-state index contributed by atoms with van der Waals surface area (Å²) in [7, 11) is 0. The molecule has 0 saturated carbocycles. The van der Waals surface area contributed by atoms with Crippen molar-refractivity contribution in [3.05, 3.63) is 40.8 Å². The molecule has 0 spiro atoms. The van der Waals surface area contributed by atoms with Gasteiger partial charge < -0.3 is 14.4 Å². The first-order valence-electron chi connectivity index (χ1n) is 7.47. The first-order chi connectivity index (χ1) is 11.2. The van der Waals surface area contributed by atoms with E-state index in [-0.39, 0.29) is 5.69 Å². The van der Waals surface area contributed by atoms with E-state index >= 15 is 0 Å². The fourth-order valence-electron chi connectivity index (χ4n) is 3.07. The summed E-state index contributed by atoms with van der Waals surface area (Å²) in [6.07, 6.45) is 7.21. The molecule has 3 aromatic rings. The van der Waals surface area contributed by atoms with E-state index in [1.807, 2.05) is 12.3 Å². The summed E-state index contributed by atoms with van der Waals surface area (Å²) in [6.45, 7) is 1.80. The Morgan fingerprint density at radius 3 is 2.91 bits per heavy atom. The molecule has 1 fully saturated rings. The number of carbonyl (C=O) groups is 1. The Morgan fingerprint density at radius 2 is 2.17 bits per heavy atom. The van der Waals surface area contributed by atoms with E-state index in [1.54, 1.807) is 17.8 Å². The summed E-state index contributed by atoms with van der Waals surface area (Å²) in [6, 6.07) is 1.97. The van der Waals surface area contributed by atoms with Crippen LogP contribution in [0.4, 0.5) is 5.69 Å². The number of carboxylic acid groups (broad SMARTS) is 1. The lowest BCUT2D eigenvalue weighted by atomic mass is 9.97. The second-order valence-corrected chi connectivity index (χ2v) is 6.52. The number of carboxylic acids is 1. The summed E-state index contributed by atoms with van der Waals surface area (Å²) < 4.78 is 5.41. The monoisotopic (exact) mass is 329 g/mol. The van der Waals surface area contributed by atoms with Gasteiger partial charge in [-0.1, -0.05) is 0 Å². The van der Waals surface area contributed by atoms with E-state index < -0.39 is 5.97 Å². The van der Waals surface area contributed by atoms with E-state index in [2.05, 4.69) is 14.9 Å². The highest BCUT2D eigenvalue weighted by Crippen LogP contribution is 2.34. The van der Waals surface area contributed by atoms with Gasteiger partial charge in [-0.15, -0.1) is 11.3 Å². The number of thiazole rings is 1. The van der Waals surface area contributed by atoms with Gasteiger partial charge in [0.05, 0.1) is 29.4 Å². The van der Waals surface area contributed by atoms with Gasteiger partial charge in [0.1, 0.15) is 0 Å². The Kier molecular flexibility index (Phi) is 3.49. The molecule has 0 radical (unpaired) electrons. The molecule has 118 valence electrons. The molecule has 23 heavy (non-hydrogen) atoms. The highest BCUT2D eigenvalue weighted by atomic mass is 32.1. The van der Waals surface area contributed by atoms with Gasteiger partial charge >= 0.3 is 5.97 Å². The fourth-order valence-corrected chi connectivity index (χ4v) is 4.04. The van der Waals surface area contributed by atoms with Gasteiger partial charge in [-0.25, -0.2) is 9.78 Å². The maximum absolute atomic E-state index is 11.0. The molecule has 0 bridgehead atoms. The molecule has 3 aromatic heterocycles. The summed E-state index contributed by atoms with van der Waals surface area (Å²) in [4.78, 5) is 21.8. The molecule has 0 unspecified atom stereocenters. The van der Waals surface area contributed by atoms with Crippen LogP contribution >= 0.6 is 11.3 Å². The normalized spacial score (nSPS) is 16.1. The largest absolute Gasteiger partial charge is 0.476 e. The summed E-state index contributed by atoms with van der Waals surface area (Å²) in [5.74, 6) is -0.622. The number of rotatable bonds is 3. The summed E-state index contributed by atoms with van der Waals surface area (Å²) in [5, 5.41) is 12.6. The number of fused-ring (bicyclic) bond motifs is 1. The van der Waals surface area contributed by atoms with Crippen LogP contribution in [0, 0.1) is 0 Å². The van der Waals surface area contributed by atoms with Crippen molar-refractivity contribution in [2.24, 2.45) is 0 Å². The molecule has 1 aliphatic heterocycles. The number of anilines is 1. The third-order valence-corrected chi connectivity index (χ3v) is 5.29. The molecule has 0 aromatic carbocycles. The topological polar surface area (TPSA) is 79.5 Å². The molecule has 6 nitrogen and oxygen atoms in total. The molecular formula is C16H15N3O3S. The van der Waals surface area contributed by atoms with Crippen LogP contribution in [0.25, 0.3) is 11.0 Å². The predicted molar refractivity (Wildman–Crippen MR) is 87.3 cm³/mol. The van der Waals surface area contributed by atoms with Crippen LogP contribution in [0.3, 0.4) is 0 Å². The zero-order chi connectivity index (χ0) is 15.8. The van der Waals surface area contributed by atoms with E-state index in [1.165, 1.54) is 11.3 Å². The van der Waals surface area contributed by atoms with Crippen LogP contribution in [0.2, 0.25) is 0 Å². The van der Waals surface area contributed by atoms with Gasteiger partial charge in [0.2, 0.25) is 0 Å². The number of nitrogens with zero attached hydrogens (tertiary/aromatic N) is 3. The van der Waals surface area contributed by atoms with Crippen molar-refractivity contribution in [2.45, 2.75) is 18.8 Å². The van der Waals surface area contributed by atoms with Crippen LogP contribution in [-0.2, 0) is 0 Å². The van der Waals surface area contributed by atoms with Crippen LogP contribution < -0.4 is 4.90 Å². The predicted octanol–water partition coefficient (Wildman–Crippen LogP) is 3.37. The van der Waals surface area contributed by atoms with Crippen molar-refractivity contribution in [3.63, 3.8) is 0 Å². The van der Waals surface area contributed by atoms with E-state index in [9.17, 15) is 4.79 Å². The van der Waals surface area contributed by atoms with E-state index in [4.69, 9.17) is 9.52 Å². The number of hydrogen-bond acceptors (Lipinski definition) is 6. The lowest BCUT2D eigenvalue weighted by Crippen LogP contribution is -2.33. The van der Waals surface area contributed by atoms with Crippen molar-refractivity contribution in [1.29, 1.82) is 0 Å². The summed E-state index contributed by atoms with van der Waals surface area (Å²) >= 11 is 1.45. The number of aromatic nitrogens is 2. The number of furan rings is 1. The lowest BCUT2D eigenvalue weighted by molar-refractivity contribution is 0.0691. The Balaban J connectivity index is 1.50. The molecule has 1 saturated heterocycles. The van der Waals surface area contributed by atoms with Gasteiger partial charge in [0.25, 0.3) is 0 Å². The Bertz CT molecular complexity index is 849. The van der Waals surface area contributed by atoms with Gasteiger partial charge in [0, 0.05) is 29.8 Å². The number of piperidine rings is 1. The minimum atomic E-state index is -0.956. The van der Waals surface area contributed by atoms with E-state index in [0.29, 0.717) is 5.92 Å². The molecule has 7 heteroatoms. The number of hydrogen-bond donors (Lipinski definition) is 1. The van der Waals surface area contributed by atoms with Gasteiger partial charge in [-0.3, -0.25) is 4.98 Å². The number of aromatic carboxylic acids is 1. The second kappa shape index (κ2) is 5.66. The molecule has 0 atom stereocenters. The van der Waals surface area contributed by atoms with Crippen molar-refractivity contribution < 1.29 is 14.3 Å². The SMILES string of the molecule is O=C(O)c1csc(C2CCN(c3cncc4occc34)CC2)n1. The van der Waals surface area contributed by atoms with Crippen LogP contribution in [0.15, 0.2) is 34.5 Å². The molecular weight excluding hydrogens is 314 g/mol. The van der Waals surface area contributed by atoms with Crippen LogP contribution in [0.5, 0.6) is 0 Å². The molecule has 1 N–H and O–H groups in total. The Hall–Kier alpha value is -2.41. The molecule has 0 amide bonds. The van der Waals surface area contributed by atoms with Crippen molar-refractivity contribution in [2.75, 3.05) is 18.0 Å². The second-order valence-electron chi connectivity index (χ2n) is 5.63. The lowest BCUT2D eigenvalue weighted by Gasteiger charge is -2.32. The highest BCUT2D eigenvalue weighted by Gasteiger charge is 2.25. The quantitative estimate of drug-likeness (QED) is 0.793. The highest BCUT2D eigenvalue weighted by molar-refractivity contribution is 7.09. The first kappa shape index (κ1) is 14.2. The Labute approximate surface area is 136 Å². The third kappa shape index (κ3) is 2.57. The first-order valence-corrected chi connectivity index (χ1v) is 8.35. The minimum absolute atomic E-state index is 0.153. The van der Waals surface area contributed by atoms with Crippen LogP contribution in [0.1, 0.15) is 34.3 Å². The Morgan fingerprint density at radius 1 is 1.35 bits per heavy atom. The summed E-state index contributed by atoms with van der Waals surface area (Å²) in [5.41, 5.74) is 2.05. The molecule has 4 heterocycles. The smallest absolute Gasteiger partial charge is 0.355 e. The fraction of sp³-hybridized carbons (Fsp3) is 0.312. The molecule has 4 rings (SSSR count). The van der Waals surface area contributed by atoms with Crippen molar-refractivity contribution in [1.82, 2.24) is 9.97 Å². The maximum atomic E-state index is 11.0. The third-order valence-electron chi connectivity index (χ3n) is 4.29. The average molecular weight is 329 g/mol. The zero-order valence-electron chi connectivity index (χ0n) is 12.3. The molecule has 0 aliphatic carbocycles. The van der Waals surface area contributed by atoms with Gasteiger partial charge in [-0.2, -0.15) is 0 Å². The average Bonchev–Trinajstić information content (AvgIpc) is 3.24. The standard InChI is InChI=1S/C16H15N3O3S/c20-16(21)12-9-23-15(18-12)10-1-4-19(5-2-10)13-7-17-8-14-11(13)3-6-22-14/h3,6-10H,1-2,4-5H2,(H,20,21). The van der Waals surface area contributed by atoms with Crippen molar-refractivity contribution in [3.8, 4) is 0 Å². The van der Waals surface area contributed by atoms with Crippen molar-refractivity contribution >= 4 is 34.0 Å². The minimum Gasteiger partial charge on any atom is -0.476 e. The van der Waals surface area contributed by atoms with Crippen LogP contribution in [-0.4, -0.2) is 34.1 Å². The van der Waals surface area contributed by atoms with Gasteiger partial charge in [-0.05, 0) is 18.9 Å². The zero-order valence-corrected chi connectivity index (χ0v) is 13.1. The van der Waals surface area contributed by atoms with E-state index in [0.717, 1.165) is 47.6 Å². The maximum Gasteiger partial charge on any atom is 0.355 e. The number of pyridine rings is 1. The molecule has 1 aliphatic rings. The van der Waals surface area contributed by atoms with Gasteiger partial charge in [0.15, 0.2) is 11.3 Å².